The molecule has 0 aliphatic carbocycles. The van der Waals surface area contributed by atoms with Crippen molar-refractivity contribution in [1.29, 1.82) is 5.26 Å². The molecular formula is C25H17N5O2S. The zero-order valence-corrected chi connectivity index (χ0v) is 18.2. The summed E-state index contributed by atoms with van der Waals surface area (Å²) in [7, 11) is 0. The highest BCUT2D eigenvalue weighted by atomic mass is 32.2. The quantitative estimate of drug-likeness (QED) is 0.276. The standard InChI is InChI=1S/C25H17N5O2S/c26-15-18-10-12-19(13-11-18)30-24(31)20-8-4-5-9-21(20)27-25(30)33-16-23-29-28-22(32-23)14-17-6-2-1-3-7-17/h1-13H,14,16H2. The van der Waals surface area contributed by atoms with E-state index in [0.29, 0.717) is 51.3 Å². The summed E-state index contributed by atoms with van der Waals surface area (Å²) in [6.45, 7) is 0. The van der Waals surface area contributed by atoms with Gasteiger partial charge < -0.3 is 4.42 Å². The minimum Gasteiger partial charge on any atom is -0.424 e. The van der Waals surface area contributed by atoms with Crippen LogP contribution in [0.4, 0.5) is 0 Å². The van der Waals surface area contributed by atoms with Crippen molar-refractivity contribution < 1.29 is 4.42 Å². The fraction of sp³-hybridized carbons (Fsp3) is 0.0800. The number of fused-ring (bicyclic) bond motifs is 1. The predicted octanol–water partition coefficient (Wildman–Crippen LogP) is 4.52. The van der Waals surface area contributed by atoms with Gasteiger partial charge in [0.05, 0.1) is 40.4 Å². The summed E-state index contributed by atoms with van der Waals surface area (Å²) in [5, 5.41) is 18.4. The summed E-state index contributed by atoms with van der Waals surface area (Å²) in [5.74, 6) is 1.36. The van der Waals surface area contributed by atoms with Gasteiger partial charge in [0.2, 0.25) is 11.8 Å². The van der Waals surface area contributed by atoms with Crippen molar-refractivity contribution in [2.75, 3.05) is 0 Å². The van der Waals surface area contributed by atoms with E-state index in [1.54, 1.807) is 34.9 Å². The molecule has 0 bridgehead atoms. The number of benzene rings is 3. The molecule has 2 heterocycles. The van der Waals surface area contributed by atoms with Crippen molar-refractivity contribution in [3.8, 4) is 11.8 Å². The number of hydrogen-bond donors (Lipinski definition) is 0. The Balaban J connectivity index is 1.46. The van der Waals surface area contributed by atoms with Crippen LogP contribution in [0.15, 0.2) is 93.2 Å². The normalized spacial score (nSPS) is 10.9. The van der Waals surface area contributed by atoms with Gasteiger partial charge in [-0.3, -0.25) is 9.36 Å². The Kier molecular flexibility index (Phi) is 5.70. The number of nitrogens with zero attached hydrogens (tertiary/aromatic N) is 5. The third-order valence-corrected chi connectivity index (χ3v) is 5.95. The van der Waals surface area contributed by atoms with Crippen molar-refractivity contribution in [2.24, 2.45) is 0 Å². The fourth-order valence-electron chi connectivity index (χ4n) is 3.44. The maximum absolute atomic E-state index is 13.3. The van der Waals surface area contributed by atoms with Gasteiger partial charge in [0.15, 0.2) is 5.16 Å². The molecule has 5 rings (SSSR count). The van der Waals surface area contributed by atoms with Gasteiger partial charge in [-0.2, -0.15) is 5.26 Å². The van der Waals surface area contributed by atoms with Crippen LogP contribution in [0.25, 0.3) is 16.6 Å². The summed E-state index contributed by atoms with van der Waals surface area (Å²) in [6.07, 6.45) is 0.558. The smallest absolute Gasteiger partial charge is 0.266 e. The molecule has 0 atom stereocenters. The molecule has 0 aliphatic heterocycles. The molecule has 0 saturated carbocycles. The first-order valence-electron chi connectivity index (χ1n) is 10.2. The first-order chi connectivity index (χ1) is 16.2. The molecule has 0 amide bonds. The van der Waals surface area contributed by atoms with Crippen molar-refractivity contribution in [2.45, 2.75) is 17.3 Å². The molecule has 2 aromatic heterocycles. The summed E-state index contributed by atoms with van der Waals surface area (Å²) in [4.78, 5) is 18.0. The Morgan fingerprint density at radius 3 is 2.42 bits per heavy atom. The first-order valence-corrected chi connectivity index (χ1v) is 11.2. The van der Waals surface area contributed by atoms with Crippen molar-refractivity contribution in [3.05, 3.63) is 112 Å². The number of hydrogen-bond acceptors (Lipinski definition) is 7. The number of rotatable bonds is 6. The van der Waals surface area contributed by atoms with Crippen LogP contribution in [0.5, 0.6) is 0 Å². The number of thioether (sulfide) groups is 1. The zero-order chi connectivity index (χ0) is 22.6. The maximum atomic E-state index is 13.3. The minimum atomic E-state index is -0.178. The molecule has 0 fully saturated rings. The second kappa shape index (κ2) is 9.10. The van der Waals surface area contributed by atoms with Crippen LogP contribution in [-0.4, -0.2) is 19.7 Å². The summed E-state index contributed by atoms with van der Waals surface area (Å²) >= 11 is 1.34. The molecule has 0 N–H and O–H groups in total. The van der Waals surface area contributed by atoms with E-state index in [0.717, 1.165) is 5.56 Å². The van der Waals surface area contributed by atoms with E-state index in [1.165, 1.54) is 11.8 Å². The van der Waals surface area contributed by atoms with E-state index in [2.05, 4.69) is 16.3 Å². The highest BCUT2D eigenvalue weighted by Gasteiger charge is 2.15. The predicted molar refractivity (Wildman–Crippen MR) is 125 cm³/mol. The Labute approximate surface area is 193 Å². The molecule has 0 saturated heterocycles. The molecule has 8 heteroatoms. The minimum absolute atomic E-state index is 0.178. The molecule has 3 aromatic carbocycles. The summed E-state index contributed by atoms with van der Waals surface area (Å²) in [6, 6.07) is 26.1. The Morgan fingerprint density at radius 2 is 1.64 bits per heavy atom. The second-order valence-electron chi connectivity index (χ2n) is 7.25. The van der Waals surface area contributed by atoms with Gasteiger partial charge in [-0.05, 0) is 42.0 Å². The number of aromatic nitrogens is 4. The molecule has 0 aliphatic rings. The fourth-order valence-corrected chi connectivity index (χ4v) is 4.29. The topological polar surface area (TPSA) is 97.6 Å². The van der Waals surface area contributed by atoms with Crippen LogP contribution < -0.4 is 5.56 Å². The molecule has 7 nitrogen and oxygen atoms in total. The third-order valence-electron chi connectivity index (χ3n) is 5.03. The van der Waals surface area contributed by atoms with E-state index in [9.17, 15) is 4.79 Å². The van der Waals surface area contributed by atoms with Gasteiger partial charge >= 0.3 is 0 Å². The Bertz CT molecular complexity index is 1520. The SMILES string of the molecule is N#Cc1ccc(-n2c(SCc3nnc(Cc4ccccc4)o3)nc3ccccc3c2=O)cc1. The van der Waals surface area contributed by atoms with E-state index < -0.39 is 0 Å². The zero-order valence-electron chi connectivity index (χ0n) is 17.4. The molecule has 0 unspecified atom stereocenters. The van der Waals surface area contributed by atoms with E-state index in [1.807, 2.05) is 48.5 Å². The van der Waals surface area contributed by atoms with Crippen LogP contribution >= 0.6 is 11.8 Å². The number of nitriles is 1. The van der Waals surface area contributed by atoms with Crippen LogP contribution in [0.2, 0.25) is 0 Å². The van der Waals surface area contributed by atoms with E-state index in [-0.39, 0.29) is 5.56 Å². The van der Waals surface area contributed by atoms with E-state index in [4.69, 9.17) is 14.7 Å². The average molecular weight is 452 g/mol. The van der Waals surface area contributed by atoms with Crippen molar-refractivity contribution >= 4 is 22.7 Å². The molecule has 33 heavy (non-hydrogen) atoms. The van der Waals surface area contributed by atoms with Gasteiger partial charge in [-0.1, -0.05) is 54.2 Å². The summed E-state index contributed by atoms with van der Waals surface area (Å²) < 4.78 is 7.36. The maximum Gasteiger partial charge on any atom is 0.266 e. The van der Waals surface area contributed by atoms with Crippen LogP contribution in [-0.2, 0) is 12.2 Å². The number of para-hydroxylation sites is 1. The second-order valence-corrected chi connectivity index (χ2v) is 8.19. The molecule has 0 radical (unpaired) electrons. The van der Waals surface area contributed by atoms with Crippen molar-refractivity contribution in [3.63, 3.8) is 0 Å². The lowest BCUT2D eigenvalue weighted by Crippen LogP contribution is -2.21. The van der Waals surface area contributed by atoms with Gasteiger partial charge in [-0.15, -0.1) is 10.2 Å². The van der Waals surface area contributed by atoms with Crippen molar-refractivity contribution in [1.82, 2.24) is 19.7 Å². The lowest BCUT2D eigenvalue weighted by atomic mass is 10.2. The monoisotopic (exact) mass is 451 g/mol. The van der Waals surface area contributed by atoms with Gasteiger partial charge in [0, 0.05) is 0 Å². The molecular weight excluding hydrogens is 434 g/mol. The summed E-state index contributed by atoms with van der Waals surface area (Å²) in [5.41, 5.74) is 2.68. The highest BCUT2D eigenvalue weighted by Crippen LogP contribution is 2.25. The average Bonchev–Trinajstić information content (AvgIpc) is 3.31. The lowest BCUT2D eigenvalue weighted by molar-refractivity contribution is 0.474. The third kappa shape index (κ3) is 4.40. The Hall–Kier alpha value is -4.22. The van der Waals surface area contributed by atoms with Gasteiger partial charge in [-0.25, -0.2) is 4.98 Å². The first kappa shape index (κ1) is 20.7. The van der Waals surface area contributed by atoms with Gasteiger partial charge in [0.1, 0.15) is 0 Å². The van der Waals surface area contributed by atoms with Crippen LogP contribution in [0.1, 0.15) is 22.9 Å². The van der Waals surface area contributed by atoms with Gasteiger partial charge in [0.25, 0.3) is 5.56 Å². The highest BCUT2D eigenvalue weighted by molar-refractivity contribution is 7.98. The van der Waals surface area contributed by atoms with Crippen LogP contribution in [0.3, 0.4) is 0 Å². The molecule has 160 valence electrons. The lowest BCUT2D eigenvalue weighted by Gasteiger charge is -2.12. The molecule has 0 spiro atoms. The largest absolute Gasteiger partial charge is 0.424 e. The molecule has 5 aromatic rings. The van der Waals surface area contributed by atoms with E-state index >= 15 is 0 Å². The Morgan fingerprint density at radius 1 is 0.909 bits per heavy atom. The van der Waals surface area contributed by atoms with Crippen LogP contribution in [0, 0.1) is 11.3 Å².